The topological polar surface area (TPSA) is 155 Å². The highest BCUT2D eigenvalue weighted by Crippen LogP contribution is 2.46. The van der Waals surface area contributed by atoms with Gasteiger partial charge in [-0.15, -0.1) is 0 Å². The summed E-state index contributed by atoms with van der Waals surface area (Å²) in [7, 11) is 5.19. The lowest BCUT2D eigenvalue weighted by atomic mass is 9.97. The summed E-state index contributed by atoms with van der Waals surface area (Å²) in [6.45, 7) is 0. The third-order valence-electron chi connectivity index (χ3n) is 11.3. The molecule has 0 amide bonds. The van der Waals surface area contributed by atoms with Crippen molar-refractivity contribution in [3.63, 3.8) is 0 Å². The van der Waals surface area contributed by atoms with Gasteiger partial charge in [-0.3, -0.25) is 0 Å². The van der Waals surface area contributed by atoms with Crippen LogP contribution in [0.15, 0.2) is 184 Å². The smallest absolute Gasteiger partial charge is 0.337 e. The zero-order valence-electron chi connectivity index (χ0n) is 36.1. The van der Waals surface area contributed by atoms with Gasteiger partial charge in [-0.25, -0.2) is 39.1 Å². The highest BCUT2D eigenvalue weighted by molar-refractivity contribution is 6.60. The van der Waals surface area contributed by atoms with E-state index in [1.807, 2.05) is 0 Å². The number of methoxy groups -OCH3 is 4. The molecule has 5 aliphatic heterocycles. The van der Waals surface area contributed by atoms with Crippen molar-refractivity contribution in [2.75, 3.05) is 28.4 Å². The first-order chi connectivity index (χ1) is 32.8. The number of esters is 4. The van der Waals surface area contributed by atoms with Gasteiger partial charge in [0.15, 0.2) is 0 Å². The van der Waals surface area contributed by atoms with Crippen LogP contribution in [0.4, 0.5) is 0 Å². The number of benzene rings is 4. The van der Waals surface area contributed by atoms with Crippen molar-refractivity contribution in [1.82, 2.24) is 0 Å². The van der Waals surface area contributed by atoms with E-state index < -0.39 is 23.9 Å². The van der Waals surface area contributed by atoms with E-state index >= 15 is 0 Å². The van der Waals surface area contributed by atoms with Crippen LogP contribution in [0.1, 0.15) is 63.7 Å². The zero-order chi connectivity index (χ0) is 48.0. The number of carbonyl (C=O) groups is 4. The predicted octanol–water partition coefficient (Wildman–Crippen LogP) is 11.1. The average molecular weight is 983 g/mol. The number of nitrogens with zero attached hydrogens (tertiary/aromatic N) is 4. The number of allylic oxidation sites excluding steroid dienone is 12. The predicted molar refractivity (Wildman–Crippen MR) is 264 cm³/mol. The van der Waals surface area contributed by atoms with E-state index in [2.05, 4.69) is 0 Å². The summed E-state index contributed by atoms with van der Waals surface area (Å²) in [6.07, 6.45) is 7.11. The van der Waals surface area contributed by atoms with Gasteiger partial charge in [0.25, 0.3) is 0 Å². The lowest BCUT2D eigenvalue weighted by molar-refractivity contribution is 0.0592. The molecule has 68 heavy (non-hydrogen) atoms. The van der Waals surface area contributed by atoms with Crippen LogP contribution in [0, 0.1) is 0 Å². The van der Waals surface area contributed by atoms with E-state index in [9.17, 15) is 19.2 Å². The number of hydrogen-bond donors (Lipinski definition) is 0. The van der Waals surface area contributed by atoms with Crippen molar-refractivity contribution >= 4 is 115 Å². The molecule has 0 saturated carbocycles. The highest BCUT2D eigenvalue weighted by Gasteiger charge is 2.35. The van der Waals surface area contributed by atoms with Gasteiger partial charge in [-0.2, -0.15) is 0 Å². The minimum absolute atomic E-state index is 0.0929. The molecule has 5 aliphatic rings. The summed E-state index contributed by atoms with van der Waals surface area (Å²) in [5.41, 5.74) is 7.86. The first kappa shape index (κ1) is 45.7. The van der Waals surface area contributed by atoms with E-state index in [1.54, 1.807) is 121 Å². The van der Waals surface area contributed by atoms with Gasteiger partial charge in [0.1, 0.15) is 0 Å². The van der Waals surface area contributed by atoms with Crippen LogP contribution in [0.5, 0.6) is 0 Å². The van der Waals surface area contributed by atoms with E-state index in [0.717, 1.165) is 0 Å². The fourth-order valence-electron chi connectivity index (χ4n) is 7.97. The Morgan fingerprint density at radius 2 is 0.618 bits per heavy atom. The Bertz CT molecular complexity index is 3100. The Labute approximate surface area is 408 Å². The fourth-order valence-corrected chi connectivity index (χ4v) is 8.87. The van der Waals surface area contributed by atoms with E-state index in [0.29, 0.717) is 89.6 Å². The Kier molecular flexibility index (Phi) is 12.5. The quantitative estimate of drug-likeness (QED) is 0.125. The molecule has 0 aromatic heterocycles. The molecular formula is C52H32Cl4N4O8. The van der Waals surface area contributed by atoms with Gasteiger partial charge < -0.3 is 18.9 Å². The third-order valence-corrected chi connectivity index (χ3v) is 13.0. The Balaban J connectivity index is 1.39. The second kappa shape index (κ2) is 18.7. The van der Waals surface area contributed by atoms with Gasteiger partial charge in [0, 0.05) is 22.3 Å². The molecule has 9 rings (SSSR count). The second-order valence-electron chi connectivity index (χ2n) is 15.1. The van der Waals surface area contributed by atoms with Gasteiger partial charge in [0.05, 0.1) is 116 Å². The van der Waals surface area contributed by atoms with Crippen molar-refractivity contribution in [2.45, 2.75) is 0 Å². The Morgan fingerprint density at radius 1 is 0.353 bits per heavy atom. The molecule has 0 atom stereocenters. The lowest BCUT2D eigenvalue weighted by Gasteiger charge is -2.13. The Morgan fingerprint density at radius 3 is 0.882 bits per heavy atom. The molecule has 0 N–H and O–H groups in total. The number of ether oxygens (including phenoxy) is 4. The summed E-state index contributed by atoms with van der Waals surface area (Å²) in [6, 6.07) is 26.7. The molecule has 0 radical (unpaired) electrons. The minimum atomic E-state index is -0.532. The van der Waals surface area contributed by atoms with Crippen LogP contribution in [-0.4, -0.2) is 75.2 Å². The van der Waals surface area contributed by atoms with Crippen LogP contribution < -0.4 is 0 Å². The molecule has 0 fully saturated rings. The highest BCUT2D eigenvalue weighted by atomic mass is 35.5. The molecule has 0 unspecified atom stereocenters. The van der Waals surface area contributed by atoms with Crippen LogP contribution in [-0.2, 0) is 18.9 Å². The van der Waals surface area contributed by atoms with Crippen LogP contribution in [0.25, 0.3) is 22.3 Å². The monoisotopic (exact) mass is 980 g/mol. The average Bonchev–Trinajstić information content (AvgIpc) is 4.17. The molecule has 12 nitrogen and oxygen atoms in total. The van der Waals surface area contributed by atoms with E-state index in [1.165, 1.54) is 28.4 Å². The summed E-state index contributed by atoms with van der Waals surface area (Å²) in [5.74, 6) is -2.13. The maximum atomic E-state index is 12.6. The molecule has 0 aliphatic carbocycles. The molecular weight excluding hydrogens is 950 g/mol. The molecule has 5 heterocycles. The summed E-state index contributed by atoms with van der Waals surface area (Å²) >= 11 is 29.1. The normalized spacial score (nSPS) is 16.4. The van der Waals surface area contributed by atoms with Gasteiger partial charge in [-0.05, 0) is 95.1 Å². The Hall–Kier alpha value is -7.48. The first-order valence-corrected chi connectivity index (χ1v) is 21.9. The molecule has 8 bridgehead atoms. The van der Waals surface area contributed by atoms with Crippen molar-refractivity contribution in [1.29, 1.82) is 0 Å². The van der Waals surface area contributed by atoms with Crippen molar-refractivity contribution < 1.29 is 38.1 Å². The zero-order valence-corrected chi connectivity index (χ0v) is 39.1. The number of halogens is 4. The molecule has 16 heteroatoms. The second-order valence-corrected chi connectivity index (χ2v) is 16.6. The minimum Gasteiger partial charge on any atom is -0.465 e. The maximum absolute atomic E-state index is 12.6. The van der Waals surface area contributed by atoms with E-state index in [4.69, 9.17) is 85.3 Å². The number of hydrogen-bond acceptors (Lipinski definition) is 12. The fraction of sp³-hybridized carbons (Fsp3) is 0.0769. The number of fused-ring (bicyclic) bond motifs is 4. The standard InChI is InChI=1S/C52H32Cl4N4O8/c1-65-49(61)29-13-5-25(6-14-29)37-33-21-22-34(57-33)38(26-7-15-30(16-8-26)50(62)66-2)47-43(55)44(56)48(60-47)40(28-11-19-32(20-12-28)52(64)68-4)36-24-23-35(58-36)39(46-42(54)41(53)45(37)59-46)27-9-17-31(18-10-27)51(63)67-3/h5-24H,1-4H3. The van der Waals surface area contributed by atoms with Crippen molar-refractivity contribution in [3.8, 4) is 0 Å². The molecule has 4 aromatic carbocycles. The van der Waals surface area contributed by atoms with Gasteiger partial charge in [0.2, 0.25) is 0 Å². The molecule has 336 valence electrons. The van der Waals surface area contributed by atoms with E-state index in [-0.39, 0.29) is 42.9 Å². The van der Waals surface area contributed by atoms with Crippen LogP contribution >= 0.6 is 46.4 Å². The van der Waals surface area contributed by atoms with Crippen molar-refractivity contribution in [3.05, 3.63) is 209 Å². The number of carbonyl (C=O) groups excluding carboxylic acids is 4. The SMILES string of the molecule is COC(=O)c1ccc(C2=C3C=CC(=N3)C(c3ccc(C(=O)OC)cc3)=C3N=C(C(Cl)=C3Cl)C(c3ccc(C(=O)OC)cc3)=C3C=CC(=N3)C(c3ccc(C(=O)OC)cc3)=C3N=C2C(Cl)=C3Cl)cc1. The van der Waals surface area contributed by atoms with Gasteiger partial charge >= 0.3 is 23.9 Å². The maximum Gasteiger partial charge on any atom is 0.337 e. The largest absolute Gasteiger partial charge is 0.465 e. The van der Waals surface area contributed by atoms with Crippen LogP contribution in [0.2, 0.25) is 0 Å². The lowest BCUT2D eigenvalue weighted by Crippen LogP contribution is -2.06. The molecule has 4 aromatic rings. The summed E-state index contributed by atoms with van der Waals surface area (Å²) < 4.78 is 19.9. The van der Waals surface area contributed by atoms with Crippen LogP contribution in [0.3, 0.4) is 0 Å². The number of aliphatic imine (C=N–C) groups is 4. The van der Waals surface area contributed by atoms with Crippen molar-refractivity contribution in [2.24, 2.45) is 20.0 Å². The number of rotatable bonds is 8. The summed E-state index contributed by atoms with van der Waals surface area (Å²) in [5, 5.41) is 0.372. The molecule has 0 spiro atoms. The first-order valence-electron chi connectivity index (χ1n) is 20.4. The third kappa shape index (κ3) is 8.11. The molecule has 0 saturated heterocycles. The van der Waals surface area contributed by atoms with Gasteiger partial charge in [-0.1, -0.05) is 94.9 Å². The summed E-state index contributed by atoms with van der Waals surface area (Å²) in [4.78, 5) is 71.0.